The summed E-state index contributed by atoms with van der Waals surface area (Å²) in [6.07, 6.45) is 5.56. The van der Waals surface area contributed by atoms with Crippen LogP contribution >= 0.6 is 23.2 Å². The molecule has 4 atom stereocenters. The van der Waals surface area contributed by atoms with Crippen molar-refractivity contribution >= 4 is 34.8 Å². The molecule has 120 valence electrons. The minimum atomic E-state index is -0.221. The number of carbonyl (C=O) groups is 1. The molecule has 0 radical (unpaired) electrons. The normalized spacial score (nSPS) is 29.0. The van der Waals surface area contributed by atoms with Crippen molar-refractivity contribution in [2.45, 2.75) is 31.0 Å². The van der Waals surface area contributed by atoms with Gasteiger partial charge >= 0.3 is 0 Å². The predicted molar refractivity (Wildman–Crippen MR) is 87.8 cm³/mol. The van der Waals surface area contributed by atoms with Crippen LogP contribution in [0.3, 0.4) is 0 Å². The van der Waals surface area contributed by atoms with Gasteiger partial charge in [0.05, 0.1) is 34.4 Å². The minimum absolute atomic E-state index is 0.0373. The van der Waals surface area contributed by atoms with Crippen LogP contribution in [0.15, 0.2) is 30.6 Å². The Morgan fingerprint density at radius 3 is 2.83 bits per heavy atom. The molecule has 1 amide bonds. The molecule has 4 unspecified atom stereocenters. The molecule has 2 aliphatic heterocycles. The van der Waals surface area contributed by atoms with E-state index in [2.05, 4.69) is 15.5 Å². The summed E-state index contributed by atoms with van der Waals surface area (Å²) in [5.41, 5.74) is 1.66. The van der Waals surface area contributed by atoms with E-state index in [1.165, 1.54) is 0 Å². The SMILES string of the molecule is O=C(Nc1ccc(Cl)c(Cl)c1)C1C2CCC(O2)C1c1cn[nH]c1. The zero-order valence-corrected chi connectivity index (χ0v) is 13.6. The fourth-order valence-electron chi connectivity index (χ4n) is 3.68. The zero-order chi connectivity index (χ0) is 16.0. The average Bonchev–Trinajstić information content (AvgIpc) is 3.25. The van der Waals surface area contributed by atoms with Gasteiger partial charge in [-0.2, -0.15) is 5.10 Å². The summed E-state index contributed by atoms with van der Waals surface area (Å²) in [4.78, 5) is 12.8. The van der Waals surface area contributed by atoms with Crippen LogP contribution in [-0.2, 0) is 9.53 Å². The highest BCUT2D eigenvalue weighted by atomic mass is 35.5. The summed E-state index contributed by atoms with van der Waals surface area (Å²) < 4.78 is 5.97. The molecule has 5 nitrogen and oxygen atoms in total. The first-order valence-electron chi connectivity index (χ1n) is 7.53. The lowest BCUT2D eigenvalue weighted by atomic mass is 9.76. The van der Waals surface area contributed by atoms with E-state index in [4.69, 9.17) is 27.9 Å². The number of halogens is 2. The van der Waals surface area contributed by atoms with Gasteiger partial charge < -0.3 is 10.1 Å². The van der Waals surface area contributed by atoms with Crippen LogP contribution in [-0.4, -0.2) is 28.3 Å². The molecule has 2 N–H and O–H groups in total. The Morgan fingerprint density at radius 2 is 2.09 bits per heavy atom. The van der Waals surface area contributed by atoms with Crippen molar-refractivity contribution < 1.29 is 9.53 Å². The number of H-pyrrole nitrogens is 1. The molecule has 2 saturated heterocycles. The molecule has 4 rings (SSSR count). The lowest BCUT2D eigenvalue weighted by Crippen LogP contribution is -2.35. The van der Waals surface area contributed by atoms with Gasteiger partial charge in [-0.25, -0.2) is 0 Å². The lowest BCUT2D eigenvalue weighted by Gasteiger charge is -2.26. The number of ether oxygens (including phenoxy) is 1. The monoisotopic (exact) mass is 351 g/mol. The molecule has 0 aliphatic carbocycles. The van der Waals surface area contributed by atoms with Crippen LogP contribution in [0.25, 0.3) is 0 Å². The molecule has 2 bridgehead atoms. The van der Waals surface area contributed by atoms with Crippen molar-refractivity contribution in [3.05, 3.63) is 46.2 Å². The van der Waals surface area contributed by atoms with E-state index < -0.39 is 0 Å². The summed E-state index contributed by atoms with van der Waals surface area (Å²) in [5, 5.41) is 10.6. The van der Waals surface area contributed by atoms with E-state index in [0.717, 1.165) is 18.4 Å². The summed E-state index contributed by atoms with van der Waals surface area (Å²) >= 11 is 11.9. The second-order valence-corrected chi connectivity index (χ2v) is 6.81. The van der Waals surface area contributed by atoms with Crippen molar-refractivity contribution in [3.63, 3.8) is 0 Å². The molecule has 7 heteroatoms. The molecule has 0 spiro atoms. The van der Waals surface area contributed by atoms with Gasteiger partial charge in [0.2, 0.25) is 5.91 Å². The van der Waals surface area contributed by atoms with Gasteiger partial charge in [-0.05, 0) is 36.6 Å². The van der Waals surface area contributed by atoms with E-state index in [1.54, 1.807) is 24.4 Å². The number of benzene rings is 1. The maximum absolute atomic E-state index is 12.8. The molecule has 2 aliphatic rings. The van der Waals surface area contributed by atoms with Gasteiger partial charge in [0, 0.05) is 17.8 Å². The highest BCUT2D eigenvalue weighted by Gasteiger charge is 2.53. The van der Waals surface area contributed by atoms with Gasteiger partial charge in [-0.1, -0.05) is 23.2 Å². The second kappa shape index (κ2) is 5.82. The van der Waals surface area contributed by atoms with Crippen LogP contribution in [0.1, 0.15) is 24.3 Å². The Hall–Kier alpha value is -1.56. The third-order valence-electron chi connectivity index (χ3n) is 4.67. The first-order chi connectivity index (χ1) is 11.1. The van der Waals surface area contributed by atoms with E-state index in [0.29, 0.717) is 15.7 Å². The number of fused-ring (bicyclic) bond motifs is 2. The second-order valence-electron chi connectivity index (χ2n) is 5.99. The smallest absolute Gasteiger partial charge is 0.230 e. The topological polar surface area (TPSA) is 67.0 Å². The van der Waals surface area contributed by atoms with Crippen LogP contribution in [0.2, 0.25) is 10.0 Å². The summed E-state index contributed by atoms with van der Waals surface area (Å²) in [5.74, 6) is -0.238. The number of rotatable bonds is 3. The summed E-state index contributed by atoms with van der Waals surface area (Å²) in [6.45, 7) is 0. The number of carbonyl (C=O) groups excluding carboxylic acids is 1. The Balaban J connectivity index is 1.58. The van der Waals surface area contributed by atoms with Gasteiger partial charge in [0.1, 0.15) is 0 Å². The molecule has 3 heterocycles. The fourth-order valence-corrected chi connectivity index (χ4v) is 3.97. The molecule has 23 heavy (non-hydrogen) atoms. The minimum Gasteiger partial charge on any atom is -0.373 e. The number of nitrogens with one attached hydrogen (secondary N) is 2. The molecule has 1 aromatic carbocycles. The number of aromatic nitrogens is 2. The molecule has 2 aromatic rings. The van der Waals surface area contributed by atoms with E-state index in [1.807, 2.05) is 6.20 Å². The van der Waals surface area contributed by atoms with Crippen LogP contribution in [0.5, 0.6) is 0 Å². The van der Waals surface area contributed by atoms with Crippen LogP contribution < -0.4 is 5.32 Å². The van der Waals surface area contributed by atoms with Crippen molar-refractivity contribution in [2.24, 2.45) is 5.92 Å². The van der Waals surface area contributed by atoms with Crippen molar-refractivity contribution in [3.8, 4) is 0 Å². The molecular formula is C16H15Cl2N3O2. The number of anilines is 1. The Morgan fingerprint density at radius 1 is 1.26 bits per heavy atom. The summed E-state index contributed by atoms with van der Waals surface area (Å²) in [7, 11) is 0. The van der Waals surface area contributed by atoms with E-state index in [9.17, 15) is 4.79 Å². The van der Waals surface area contributed by atoms with Crippen molar-refractivity contribution in [2.75, 3.05) is 5.32 Å². The third-order valence-corrected chi connectivity index (χ3v) is 5.41. The maximum atomic E-state index is 12.8. The van der Waals surface area contributed by atoms with Crippen LogP contribution in [0, 0.1) is 5.92 Å². The Labute approximate surface area is 143 Å². The molecule has 2 fully saturated rings. The number of hydrogen-bond acceptors (Lipinski definition) is 3. The molecule has 1 aromatic heterocycles. The number of amides is 1. The van der Waals surface area contributed by atoms with Gasteiger partial charge in [-0.15, -0.1) is 0 Å². The largest absolute Gasteiger partial charge is 0.373 e. The van der Waals surface area contributed by atoms with Gasteiger partial charge in [-0.3, -0.25) is 9.89 Å². The first-order valence-corrected chi connectivity index (χ1v) is 8.29. The Bertz CT molecular complexity index is 735. The number of hydrogen-bond donors (Lipinski definition) is 2. The van der Waals surface area contributed by atoms with E-state index >= 15 is 0 Å². The predicted octanol–water partition coefficient (Wildman–Crippen LogP) is 3.62. The van der Waals surface area contributed by atoms with Gasteiger partial charge in [0.15, 0.2) is 0 Å². The van der Waals surface area contributed by atoms with Gasteiger partial charge in [0.25, 0.3) is 0 Å². The standard InChI is InChI=1S/C16H15Cl2N3O2/c17-10-2-1-9(5-11(10)18)21-16(22)15-13-4-3-12(23-13)14(15)8-6-19-20-7-8/h1-2,5-7,12-15H,3-4H2,(H,19,20)(H,21,22). The number of aromatic amines is 1. The lowest BCUT2D eigenvalue weighted by molar-refractivity contribution is -0.121. The number of nitrogens with zero attached hydrogens (tertiary/aromatic N) is 1. The highest BCUT2D eigenvalue weighted by molar-refractivity contribution is 6.42. The summed E-state index contributed by atoms with van der Waals surface area (Å²) in [6, 6.07) is 5.07. The third kappa shape index (κ3) is 2.63. The Kier molecular flexibility index (Phi) is 3.79. The average molecular weight is 352 g/mol. The highest BCUT2D eigenvalue weighted by Crippen LogP contribution is 2.49. The van der Waals surface area contributed by atoms with E-state index in [-0.39, 0.29) is 30.0 Å². The molecular weight excluding hydrogens is 337 g/mol. The quantitative estimate of drug-likeness (QED) is 0.887. The first kappa shape index (κ1) is 15.0. The fraction of sp³-hybridized carbons (Fsp3) is 0.375. The van der Waals surface area contributed by atoms with Crippen molar-refractivity contribution in [1.82, 2.24) is 10.2 Å². The maximum Gasteiger partial charge on any atom is 0.230 e. The molecule has 0 saturated carbocycles. The van der Waals surface area contributed by atoms with Crippen molar-refractivity contribution in [1.29, 1.82) is 0 Å². The zero-order valence-electron chi connectivity index (χ0n) is 12.1. The van der Waals surface area contributed by atoms with Crippen LogP contribution in [0.4, 0.5) is 5.69 Å².